The van der Waals surface area contributed by atoms with Gasteiger partial charge in [-0.1, -0.05) is 47.1 Å². The van der Waals surface area contributed by atoms with Crippen molar-refractivity contribution in [2.75, 3.05) is 11.1 Å². The summed E-state index contributed by atoms with van der Waals surface area (Å²) in [6.45, 7) is 2.31. The van der Waals surface area contributed by atoms with Crippen molar-refractivity contribution in [3.8, 4) is 0 Å². The second-order valence-corrected chi connectivity index (χ2v) is 7.19. The average molecular weight is 322 g/mol. The molecule has 0 aliphatic carbocycles. The first-order valence-electron chi connectivity index (χ1n) is 6.29. The predicted octanol–water partition coefficient (Wildman–Crippen LogP) is 4.91. The molecule has 1 saturated heterocycles. The first-order chi connectivity index (χ1) is 8.74. The molecule has 0 radical (unpaired) electrons. The molecule has 0 amide bonds. The van der Waals surface area contributed by atoms with Crippen LogP contribution in [0.25, 0.3) is 10.8 Å². The first kappa shape index (κ1) is 12.4. The monoisotopic (exact) mass is 321 g/mol. The third kappa shape index (κ3) is 2.39. The minimum Gasteiger partial charge on any atom is -0.381 e. The van der Waals surface area contributed by atoms with Gasteiger partial charge in [-0.3, -0.25) is 0 Å². The lowest BCUT2D eigenvalue weighted by Gasteiger charge is -2.16. The number of fused-ring (bicyclic) bond motifs is 1. The molecule has 1 fully saturated rings. The summed E-state index contributed by atoms with van der Waals surface area (Å²) in [5, 5.41) is 7.06. The molecule has 1 aliphatic heterocycles. The van der Waals surface area contributed by atoms with Gasteiger partial charge in [0.15, 0.2) is 0 Å². The quantitative estimate of drug-likeness (QED) is 0.843. The van der Waals surface area contributed by atoms with E-state index in [2.05, 4.69) is 76.3 Å². The molecule has 0 bridgehead atoms. The van der Waals surface area contributed by atoms with Crippen LogP contribution in [0.4, 0.5) is 5.69 Å². The van der Waals surface area contributed by atoms with Gasteiger partial charge in [0.1, 0.15) is 0 Å². The van der Waals surface area contributed by atoms with Gasteiger partial charge in [0, 0.05) is 32.6 Å². The van der Waals surface area contributed by atoms with Gasteiger partial charge in [-0.15, -0.1) is 0 Å². The Morgan fingerprint density at radius 3 is 2.67 bits per heavy atom. The van der Waals surface area contributed by atoms with Gasteiger partial charge in [0.2, 0.25) is 0 Å². The summed E-state index contributed by atoms with van der Waals surface area (Å²) in [6.07, 6.45) is 1.26. The zero-order chi connectivity index (χ0) is 12.5. The lowest BCUT2D eigenvalue weighted by molar-refractivity contribution is 0.748. The molecule has 0 aromatic heterocycles. The highest BCUT2D eigenvalue weighted by Gasteiger charge is 2.22. The molecule has 0 spiro atoms. The smallest absolute Gasteiger partial charge is 0.0423 e. The summed E-state index contributed by atoms with van der Waals surface area (Å²) in [6, 6.07) is 13.5. The molecule has 1 heterocycles. The number of halogens is 1. The summed E-state index contributed by atoms with van der Waals surface area (Å²) in [5.74, 6) is 1.21. The van der Waals surface area contributed by atoms with Gasteiger partial charge in [-0.2, -0.15) is 11.8 Å². The average Bonchev–Trinajstić information content (AvgIpc) is 2.79. The number of benzene rings is 2. The van der Waals surface area contributed by atoms with E-state index in [4.69, 9.17) is 0 Å². The highest BCUT2D eigenvalue weighted by molar-refractivity contribution is 9.10. The normalized spacial score (nSPS) is 23.4. The number of rotatable bonds is 2. The Morgan fingerprint density at radius 1 is 1.17 bits per heavy atom. The van der Waals surface area contributed by atoms with E-state index in [1.165, 1.54) is 28.6 Å². The number of anilines is 1. The van der Waals surface area contributed by atoms with Gasteiger partial charge in [0.05, 0.1) is 0 Å². The van der Waals surface area contributed by atoms with Crippen LogP contribution >= 0.6 is 27.7 Å². The van der Waals surface area contributed by atoms with Crippen LogP contribution < -0.4 is 5.32 Å². The summed E-state index contributed by atoms with van der Waals surface area (Å²) in [4.78, 5) is 0. The molecule has 2 aromatic rings. The second kappa shape index (κ2) is 5.14. The van der Waals surface area contributed by atoms with E-state index < -0.39 is 0 Å². The lowest BCUT2D eigenvalue weighted by Crippen LogP contribution is -2.19. The zero-order valence-electron chi connectivity index (χ0n) is 10.3. The minimum absolute atomic E-state index is 0.606. The molecule has 94 valence electrons. The van der Waals surface area contributed by atoms with Crippen molar-refractivity contribution in [1.29, 1.82) is 0 Å². The van der Waals surface area contributed by atoms with E-state index in [0.717, 1.165) is 9.72 Å². The Balaban J connectivity index is 1.95. The van der Waals surface area contributed by atoms with Crippen LogP contribution in [0.3, 0.4) is 0 Å². The molecule has 2 unspecified atom stereocenters. The molecule has 3 heteroatoms. The topological polar surface area (TPSA) is 12.0 Å². The van der Waals surface area contributed by atoms with Crippen molar-refractivity contribution in [3.05, 3.63) is 40.9 Å². The van der Waals surface area contributed by atoms with E-state index in [9.17, 15) is 0 Å². The van der Waals surface area contributed by atoms with Gasteiger partial charge in [0.25, 0.3) is 0 Å². The van der Waals surface area contributed by atoms with Crippen molar-refractivity contribution in [2.24, 2.45) is 0 Å². The summed E-state index contributed by atoms with van der Waals surface area (Å²) >= 11 is 5.68. The van der Waals surface area contributed by atoms with Crippen LogP contribution in [-0.2, 0) is 0 Å². The molecule has 1 aliphatic rings. The van der Waals surface area contributed by atoms with E-state index in [0.29, 0.717) is 6.04 Å². The van der Waals surface area contributed by atoms with Gasteiger partial charge >= 0.3 is 0 Å². The van der Waals surface area contributed by atoms with Crippen molar-refractivity contribution < 1.29 is 0 Å². The fourth-order valence-electron chi connectivity index (χ4n) is 2.53. The number of thioether (sulfide) groups is 1. The van der Waals surface area contributed by atoms with Crippen molar-refractivity contribution in [2.45, 2.75) is 24.6 Å². The molecule has 0 saturated carbocycles. The Hall–Kier alpha value is -0.670. The van der Waals surface area contributed by atoms with Crippen LogP contribution in [0.1, 0.15) is 13.3 Å². The number of hydrogen-bond acceptors (Lipinski definition) is 2. The summed E-state index contributed by atoms with van der Waals surface area (Å²) in [5.41, 5.74) is 1.26. The maximum atomic E-state index is 3.70. The van der Waals surface area contributed by atoms with Gasteiger partial charge in [-0.25, -0.2) is 0 Å². The van der Waals surface area contributed by atoms with E-state index in [-0.39, 0.29) is 0 Å². The molecule has 2 aromatic carbocycles. The fourth-order valence-corrected chi connectivity index (χ4v) is 4.15. The van der Waals surface area contributed by atoms with Crippen LogP contribution in [0.2, 0.25) is 0 Å². The van der Waals surface area contributed by atoms with E-state index >= 15 is 0 Å². The Kier molecular flexibility index (Phi) is 3.53. The largest absolute Gasteiger partial charge is 0.381 e. The number of nitrogens with one attached hydrogen (secondary N) is 1. The van der Waals surface area contributed by atoms with Crippen LogP contribution in [0.5, 0.6) is 0 Å². The third-order valence-corrected chi connectivity index (χ3v) is 5.48. The SMILES string of the molecule is CC1CC(Nc2ccc(Br)c3ccccc23)CS1. The molecule has 2 atom stereocenters. The lowest BCUT2D eigenvalue weighted by atomic mass is 10.1. The minimum atomic E-state index is 0.606. The Morgan fingerprint density at radius 2 is 1.94 bits per heavy atom. The molecule has 1 N–H and O–H groups in total. The highest BCUT2D eigenvalue weighted by atomic mass is 79.9. The molecule has 1 nitrogen and oxygen atoms in total. The van der Waals surface area contributed by atoms with Crippen molar-refractivity contribution in [1.82, 2.24) is 0 Å². The Bertz CT molecular complexity index is 569. The maximum Gasteiger partial charge on any atom is 0.0423 e. The Labute approximate surface area is 120 Å². The van der Waals surface area contributed by atoms with E-state index in [1.54, 1.807) is 0 Å². The van der Waals surface area contributed by atoms with Crippen molar-refractivity contribution in [3.63, 3.8) is 0 Å². The molecule has 3 rings (SSSR count). The fraction of sp³-hybridized carbons (Fsp3) is 0.333. The molecular weight excluding hydrogens is 306 g/mol. The first-order valence-corrected chi connectivity index (χ1v) is 8.13. The van der Waals surface area contributed by atoms with E-state index in [1.807, 2.05) is 0 Å². The molecule has 18 heavy (non-hydrogen) atoms. The second-order valence-electron chi connectivity index (χ2n) is 4.86. The van der Waals surface area contributed by atoms with Crippen LogP contribution in [0, 0.1) is 0 Å². The third-order valence-electron chi connectivity index (χ3n) is 3.43. The number of hydrogen-bond donors (Lipinski definition) is 1. The van der Waals surface area contributed by atoms with Crippen LogP contribution in [-0.4, -0.2) is 17.0 Å². The summed E-state index contributed by atoms with van der Waals surface area (Å²) < 4.78 is 1.16. The van der Waals surface area contributed by atoms with Crippen LogP contribution in [0.15, 0.2) is 40.9 Å². The zero-order valence-corrected chi connectivity index (χ0v) is 12.7. The predicted molar refractivity (Wildman–Crippen MR) is 85.6 cm³/mol. The standard InChI is InChI=1S/C15H16BrNS/c1-10-8-11(9-18-10)17-15-7-6-14(16)12-4-2-3-5-13(12)15/h2-7,10-11,17H,8-9H2,1H3. The van der Waals surface area contributed by atoms with Gasteiger partial charge in [-0.05, 0) is 23.9 Å². The molecular formula is C15H16BrNS. The maximum absolute atomic E-state index is 3.70. The van der Waals surface area contributed by atoms with Gasteiger partial charge < -0.3 is 5.32 Å². The highest BCUT2D eigenvalue weighted by Crippen LogP contribution is 2.33. The summed E-state index contributed by atoms with van der Waals surface area (Å²) in [7, 11) is 0. The van der Waals surface area contributed by atoms with Crippen molar-refractivity contribution >= 4 is 44.2 Å².